The molecule has 1 aliphatic rings. The molecule has 0 bridgehead atoms. The van der Waals surface area contributed by atoms with Crippen molar-refractivity contribution in [3.63, 3.8) is 0 Å². The first-order valence-electron chi connectivity index (χ1n) is 6.46. The van der Waals surface area contributed by atoms with E-state index in [0.29, 0.717) is 5.76 Å². The molecule has 4 nitrogen and oxygen atoms in total. The van der Waals surface area contributed by atoms with Gasteiger partial charge >= 0.3 is 0 Å². The van der Waals surface area contributed by atoms with Crippen molar-refractivity contribution >= 4 is 22.0 Å². The Hall–Kier alpha value is -1.46. The molecule has 1 aromatic rings. The number of benzene rings is 1. The molecule has 110 valence electrons. The third kappa shape index (κ3) is 4.28. The Morgan fingerprint density at radius 2 is 1.90 bits per heavy atom. The van der Waals surface area contributed by atoms with E-state index in [1.165, 1.54) is 0 Å². The van der Waals surface area contributed by atoms with Crippen molar-refractivity contribution in [1.29, 1.82) is 0 Å². The van der Waals surface area contributed by atoms with Crippen LogP contribution >= 0.6 is 10.3 Å². The fraction of sp³-hybridized carbons (Fsp3) is 0.400. The topological polar surface area (TPSA) is 50.9 Å². The van der Waals surface area contributed by atoms with Crippen LogP contribution in [0.2, 0.25) is 0 Å². The van der Waals surface area contributed by atoms with Crippen LogP contribution in [0.25, 0.3) is 5.76 Å². The van der Waals surface area contributed by atoms with Gasteiger partial charge in [-0.2, -0.15) is 0 Å². The molecule has 0 aliphatic carbocycles. The molecule has 1 saturated heterocycles. The number of hydrogen-bond donors (Lipinski definition) is 1. The molecular formula is C15H21NO3S. The van der Waals surface area contributed by atoms with Crippen LogP contribution in [0.3, 0.4) is 0 Å². The van der Waals surface area contributed by atoms with E-state index in [9.17, 15) is 4.79 Å². The SMILES string of the molecule is CC1OC1C(=O)N/C=C(/OS(C)(C)C)c1ccccc1. The van der Waals surface area contributed by atoms with Crippen molar-refractivity contribution in [2.75, 3.05) is 18.8 Å². The highest BCUT2D eigenvalue weighted by Gasteiger charge is 2.40. The molecular weight excluding hydrogens is 274 g/mol. The van der Waals surface area contributed by atoms with E-state index < -0.39 is 10.3 Å². The molecule has 0 aromatic heterocycles. The van der Waals surface area contributed by atoms with E-state index >= 15 is 0 Å². The quantitative estimate of drug-likeness (QED) is 0.671. The summed E-state index contributed by atoms with van der Waals surface area (Å²) >= 11 is 0. The molecule has 0 radical (unpaired) electrons. The van der Waals surface area contributed by atoms with E-state index in [-0.39, 0.29) is 18.1 Å². The normalized spacial score (nSPS) is 23.1. The summed E-state index contributed by atoms with van der Waals surface area (Å²) in [5.41, 5.74) is 0.944. The molecule has 1 amide bonds. The van der Waals surface area contributed by atoms with Gasteiger partial charge in [-0.25, -0.2) is 0 Å². The van der Waals surface area contributed by atoms with Crippen molar-refractivity contribution in [1.82, 2.24) is 5.32 Å². The number of hydrogen-bond acceptors (Lipinski definition) is 3. The van der Waals surface area contributed by atoms with Crippen molar-refractivity contribution in [2.24, 2.45) is 0 Å². The molecule has 1 aromatic carbocycles. The highest BCUT2D eigenvalue weighted by Crippen LogP contribution is 2.41. The zero-order chi connectivity index (χ0) is 14.8. The molecule has 1 heterocycles. The average Bonchev–Trinajstić information content (AvgIpc) is 3.11. The Morgan fingerprint density at radius 1 is 1.30 bits per heavy atom. The Morgan fingerprint density at radius 3 is 2.40 bits per heavy atom. The first-order chi connectivity index (χ1) is 9.37. The first kappa shape index (κ1) is 14.9. The Labute approximate surface area is 121 Å². The van der Waals surface area contributed by atoms with Gasteiger partial charge in [0.2, 0.25) is 0 Å². The van der Waals surface area contributed by atoms with E-state index in [4.69, 9.17) is 8.92 Å². The minimum atomic E-state index is -1.19. The Bertz CT molecular complexity index is 508. The molecule has 0 spiro atoms. The molecule has 20 heavy (non-hydrogen) atoms. The van der Waals surface area contributed by atoms with Crippen LogP contribution in [0.5, 0.6) is 0 Å². The minimum absolute atomic E-state index is 0.0118. The predicted octanol–water partition coefficient (Wildman–Crippen LogP) is 2.51. The third-order valence-electron chi connectivity index (χ3n) is 2.71. The monoisotopic (exact) mass is 295 g/mol. The van der Waals surface area contributed by atoms with Gasteiger partial charge in [-0.05, 0) is 25.7 Å². The third-order valence-corrected chi connectivity index (χ3v) is 3.39. The standard InChI is InChI=1S/C15H21NO3S/c1-11-14(18-11)15(17)16-10-13(19-20(2,3)4)12-8-6-5-7-9-12/h5-11,14H,1-4H3,(H,16,17)/b13-10+. The lowest BCUT2D eigenvalue weighted by Crippen LogP contribution is -2.24. The van der Waals surface area contributed by atoms with E-state index in [0.717, 1.165) is 5.56 Å². The second-order valence-electron chi connectivity index (χ2n) is 5.45. The number of carbonyl (C=O) groups is 1. The van der Waals surface area contributed by atoms with Crippen molar-refractivity contribution in [2.45, 2.75) is 19.1 Å². The lowest BCUT2D eigenvalue weighted by molar-refractivity contribution is -0.121. The average molecular weight is 295 g/mol. The fourth-order valence-corrected chi connectivity index (χ4v) is 2.39. The zero-order valence-corrected chi connectivity index (χ0v) is 13.1. The summed E-state index contributed by atoms with van der Waals surface area (Å²) in [7, 11) is -1.19. The smallest absolute Gasteiger partial charge is 0.255 e. The maximum absolute atomic E-state index is 11.8. The van der Waals surface area contributed by atoms with Gasteiger partial charge < -0.3 is 14.2 Å². The molecule has 1 fully saturated rings. The second kappa shape index (κ2) is 5.89. The van der Waals surface area contributed by atoms with Crippen molar-refractivity contribution in [3.8, 4) is 0 Å². The van der Waals surface area contributed by atoms with Gasteiger partial charge in [0.1, 0.15) is 0 Å². The van der Waals surface area contributed by atoms with Gasteiger partial charge in [0, 0.05) is 11.8 Å². The largest absolute Gasteiger partial charge is 0.448 e. The van der Waals surface area contributed by atoms with Crippen LogP contribution in [0, 0.1) is 0 Å². The molecule has 5 heteroatoms. The number of carbonyl (C=O) groups excluding carboxylic acids is 1. The summed E-state index contributed by atoms with van der Waals surface area (Å²) in [4.78, 5) is 11.8. The minimum Gasteiger partial charge on any atom is -0.448 e. The van der Waals surface area contributed by atoms with Gasteiger partial charge in [-0.1, -0.05) is 30.3 Å². The second-order valence-corrected chi connectivity index (χ2v) is 9.07. The predicted molar refractivity (Wildman–Crippen MR) is 83.3 cm³/mol. The van der Waals surface area contributed by atoms with Crippen LogP contribution in [-0.4, -0.2) is 36.9 Å². The van der Waals surface area contributed by atoms with Crippen LogP contribution in [-0.2, 0) is 13.7 Å². The van der Waals surface area contributed by atoms with Gasteiger partial charge in [-0.3, -0.25) is 4.79 Å². The maximum Gasteiger partial charge on any atom is 0.255 e. The Balaban J connectivity index is 2.11. The number of nitrogens with one attached hydrogen (secondary N) is 1. The molecule has 1 N–H and O–H groups in total. The fourth-order valence-electron chi connectivity index (χ4n) is 1.71. The van der Waals surface area contributed by atoms with E-state index in [2.05, 4.69) is 24.1 Å². The summed E-state index contributed by atoms with van der Waals surface area (Å²) in [6.45, 7) is 1.88. The van der Waals surface area contributed by atoms with E-state index in [1.54, 1.807) is 6.20 Å². The molecule has 2 atom stereocenters. The zero-order valence-electron chi connectivity index (χ0n) is 12.3. The number of ether oxygens (including phenoxy) is 1. The summed E-state index contributed by atoms with van der Waals surface area (Å²) in [5, 5.41) is 2.76. The highest BCUT2D eigenvalue weighted by molar-refractivity contribution is 8.28. The van der Waals surface area contributed by atoms with Crippen molar-refractivity contribution < 1.29 is 13.7 Å². The molecule has 2 unspecified atom stereocenters. The summed E-state index contributed by atoms with van der Waals surface area (Å²) < 4.78 is 11.1. The van der Waals surface area contributed by atoms with Crippen LogP contribution < -0.4 is 5.32 Å². The van der Waals surface area contributed by atoms with Crippen LogP contribution in [0.1, 0.15) is 12.5 Å². The van der Waals surface area contributed by atoms with Crippen LogP contribution in [0.15, 0.2) is 36.5 Å². The number of rotatable bonds is 5. The van der Waals surface area contributed by atoms with Crippen LogP contribution in [0.4, 0.5) is 0 Å². The maximum atomic E-state index is 11.8. The summed E-state index contributed by atoms with van der Waals surface area (Å²) in [5.74, 6) is 0.549. The van der Waals surface area contributed by atoms with E-state index in [1.807, 2.05) is 37.3 Å². The highest BCUT2D eigenvalue weighted by atomic mass is 32.3. The summed E-state index contributed by atoms with van der Waals surface area (Å²) in [6, 6.07) is 9.75. The number of epoxide rings is 1. The lowest BCUT2D eigenvalue weighted by atomic mass is 10.2. The number of amides is 1. The summed E-state index contributed by atoms with van der Waals surface area (Å²) in [6.07, 6.45) is 7.47. The van der Waals surface area contributed by atoms with Gasteiger partial charge in [-0.15, -0.1) is 10.3 Å². The first-order valence-corrected chi connectivity index (χ1v) is 9.24. The molecule has 1 aliphatic heterocycles. The molecule has 0 saturated carbocycles. The lowest BCUT2D eigenvalue weighted by Gasteiger charge is -2.28. The Kier molecular flexibility index (Phi) is 4.40. The van der Waals surface area contributed by atoms with Crippen molar-refractivity contribution in [3.05, 3.63) is 42.1 Å². The van der Waals surface area contributed by atoms with Gasteiger partial charge in [0.25, 0.3) is 5.91 Å². The molecule has 2 rings (SSSR count). The van der Waals surface area contributed by atoms with Gasteiger partial charge in [0.15, 0.2) is 11.9 Å². The van der Waals surface area contributed by atoms with Gasteiger partial charge in [0.05, 0.1) is 6.10 Å².